The second-order valence-corrected chi connectivity index (χ2v) is 6.24. The second-order valence-electron chi connectivity index (χ2n) is 6.24. The Bertz CT molecular complexity index is 282. The topological polar surface area (TPSA) is 50.4 Å². The fourth-order valence-electron chi connectivity index (χ4n) is 3.14. The van der Waals surface area contributed by atoms with Crippen molar-refractivity contribution < 1.29 is 9.53 Å². The molecule has 19 heavy (non-hydrogen) atoms. The van der Waals surface area contributed by atoms with E-state index in [0.29, 0.717) is 19.1 Å². The van der Waals surface area contributed by atoms with Gasteiger partial charge >= 0.3 is 0 Å². The van der Waals surface area contributed by atoms with Gasteiger partial charge in [-0.1, -0.05) is 19.3 Å². The summed E-state index contributed by atoms with van der Waals surface area (Å²) >= 11 is 0. The third kappa shape index (κ3) is 5.11. The largest absolute Gasteiger partial charge is 0.378 e. The lowest BCUT2D eigenvalue weighted by Crippen LogP contribution is -2.47. The first-order valence-electron chi connectivity index (χ1n) is 7.81. The van der Waals surface area contributed by atoms with Crippen LogP contribution in [0.25, 0.3) is 0 Å². The molecule has 0 aromatic rings. The number of amides is 1. The van der Waals surface area contributed by atoms with E-state index in [9.17, 15) is 4.79 Å². The van der Waals surface area contributed by atoms with Crippen LogP contribution in [0.3, 0.4) is 0 Å². The van der Waals surface area contributed by atoms with Crippen molar-refractivity contribution in [2.75, 3.05) is 19.7 Å². The minimum absolute atomic E-state index is 0.0318. The zero-order valence-corrected chi connectivity index (χ0v) is 12.2. The van der Waals surface area contributed by atoms with E-state index < -0.39 is 0 Å². The van der Waals surface area contributed by atoms with Gasteiger partial charge in [0.05, 0.1) is 12.7 Å². The lowest BCUT2D eigenvalue weighted by atomic mass is 9.83. The number of carbonyl (C=O) groups excluding carboxylic acids is 1. The molecule has 1 saturated carbocycles. The highest BCUT2D eigenvalue weighted by Crippen LogP contribution is 2.27. The molecule has 1 saturated heterocycles. The quantitative estimate of drug-likeness (QED) is 0.801. The monoisotopic (exact) mass is 268 g/mol. The smallest absolute Gasteiger partial charge is 0.222 e. The number of ether oxygens (including phenoxy) is 1. The Morgan fingerprint density at radius 2 is 1.95 bits per heavy atom. The molecular weight excluding hydrogens is 240 g/mol. The molecule has 2 fully saturated rings. The van der Waals surface area contributed by atoms with Crippen LogP contribution in [0.2, 0.25) is 0 Å². The third-order valence-electron chi connectivity index (χ3n) is 4.37. The van der Waals surface area contributed by atoms with E-state index in [1.807, 2.05) is 0 Å². The molecule has 0 atom stereocenters. The highest BCUT2D eigenvalue weighted by molar-refractivity contribution is 5.76. The van der Waals surface area contributed by atoms with Gasteiger partial charge in [-0.2, -0.15) is 0 Å². The highest BCUT2D eigenvalue weighted by Gasteiger charge is 2.28. The molecule has 1 amide bonds. The summed E-state index contributed by atoms with van der Waals surface area (Å²) in [5, 5.41) is 6.52. The molecule has 0 aromatic heterocycles. The van der Waals surface area contributed by atoms with Crippen molar-refractivity contribution in [1.82, 2.24) is 10.6 Å². The Hall–Kier alpha value is -0.610. The Balaban J connectivity index is 1.61. The fourth-order valence-corrected chi connectivity index (χ4v) is 3.14. The molecule has 1 aliphatic heterocycles. The maximum Gasteiger partial charge on any atom is 0.222 e. The summed E-state index contributed by atoms with van der Waals surface area (Å²) in [4.78, 5) is 12.0. The predicted molar refractivity (Wildman–Crippen MR) is 76.1 cm³/mol. The maximum absolute atomic E-state index is 12.0. The Labute approximate surface area is 116 Å². The molecule has 4 heteroatoms. The summed E-state index contributed by atoms with van der Waals surface area (Å²) in [6.07, 6.45) is 9.01. The van der Waals surface area contributed by atoms with Gasteiger partial charge in [-0.3, -0.25) is 4.79 Å². The van der Waals surface area contributed by atoms with Crippen molar-refractivity contribution in [1.29, 1.82) is 0 Å². The summed E-state index contributed by atoms with van der Waals surface area (Å²) in [6.45, 7) is 4.81. The van der Waals surface area contributed by atoms with Crippen LogP contribution in [-0.2, 0) is 9.53 Å². The highest BCUT2D eigenvalue weighted by atomic mass is 16.5. The van der Waals surface area contributed by atoms with Crippen LogP contribution in [0.5, 0.6) is 0 Å². The van der Waals surface area contributed by atoms with Gasteiger partial charge in [0.15, 0.2) is 0 Å². The van der Waals surface area contributed by atoms with Crippen molar-refractivity contribution >= 4 is 5.91 Å². The first-order chi connectivity index (χ1) is 9.18. The molecule has 2 rings (SSSR count). The summed E-state index contributed by atoms with van der Waals surface area (Å²) < 4.78 is 5.77. The number of nitrogens with one attached hydrogen (secondary N) is 2. The molecular formula is C15H28N2O2. The lowest BCUT2D eigenvalue weighted by molar-refractivity contribution is -0.124. The van der Waals surface area contributed by atoms with E-state index >= 15 is 0 Å². The molecule has 0 spiro atoms. The number of hydrogen-bond acceptors (Lipinski definition) is 3. The zero-order valence-electron chi connectivity index (χ0n) is 12.2. The van der Waals surface area contributed by atoms with Crippen LogP contribution in [0.4, 0.5) is 0 Å². The average molecular weight is 268 g/mol. The average Bonchev–Trinajstić information content (AvgIpc) is 2.40. The van der Waals surface area contributed by atoms with Gasteiger partial charge < -0.3 is 15.4 Å². The predicted octanol–water partition coefficient (Wildman–Crippen LogP) is 1.98. The summed E-state index contributed by atoms with van der Waals surface area (Å²) in [7, 11) is 0. The fraction of sp³-hybridized carbons (Fsp3) is 0.933. The van der Waals surface area contributed by atoms with E-state index in [0.717, 1.165) is 38.8 Å². The Morgan fingerprint density at radius 1 is 1.26 bits per heavy atom. The lowest BCUT2D eigenvalue weighted by Gasteiger charge is -2.34. The van der Waals surface area contributed by atoms with Crippen molar-refractivity contribution in [3.63, 3.8) is 0 Å². The molecule has 0 radical (unpaired) electrons. The van der Waals surface area contributed by atoms with Crippen LogP contribution in [0, 0.1) is 0 Å². The van der Waals surface area contributed by atoms with E-state index in [1.165, 1.54) is 19.3 Å². The van der Waals surface area contributed by atoms with Crippen LogP contribution < -0.4 is 10.6 Å². The SMILES string of the molecule is CC1(NC(=O)CCOC2CCNCC2)CCCCC1. The molecule has 0 unspecified atom stereocenters. The van der Waals surface area contributed by atoms with E-state index in [1.54, 1.807) is 0 Å². The summed E-state index contributed by atoms with van der Waals surface area (Å²) in [6, 6.07) is 0. The molecule has 4 nitrogen and oxygen atoms in total. The summed E-state index contributed by atoms with van der Waals surface area (Å²) in [5.41, 5.74) is 0.0318. The number of piperidine rings is 1. The van der Waals surface area contributed by atoms with Gasteiger partial charge in [0, 0.05) is 12.0 Å². The molecule has 0 aromatic carbocycles. The van der Waals surface area contributed by atoms with Crippen LogP contribution in [0.15, 0.2) is 0 Å². The molecule has 1 heterocycles. The third-order valence-corrected chi connectivity index (χ3v) is 4.37. The number of hydrogen-bond donors (Lipinski definition) is 2. The molecule has 2 aliphatic rings. The molecule has 1 aliphatic carbocycles. The minimum atomic E-state index is 0.0318. The van der Waals surface area contributed by atoms with Gasteiger partial charge in [0.1, 0.15) is 0 Å². The summed E-state index contributed by atoms with van der Waals surface area (Å²) in [5.74, 6) is 0.151. The molecule has 0 bridgehead atoms. The van der Waals surface area contributed by atoms with Gasteiger partial charge in [-0.25, -0.2) is 0 Å². The second kappa shape index (κ2) is 7.25. The normalized spacial score (nSPS) is 24.1. The van der Waals surface area contributed by atoms with Crippen molar-refractivity contribution in [3.05, 3.63) is 0 Å². The van der Waals surface area contributed by atoms with Crippen molar-refractivity contribution in [2.24, 2.45) is 0 Å². The molecule has 110 valence electrons. The van der Waals surface area contributed by atoms with Gasteiger partial charge in [-0.05, 0) is 45.7 Å². The maximum atomic E-state index is 12.0. The van der Waals surface area contributed by atoms with Gasteiger partial charge in [0.2, 0.25) is 5.91 Å². The van der Waals surface area contributed by atoms with E-state index in [-0.39, 0.29) is 11.4 Å². The standard InChI is InChI=1S/C15H28N2O2/c1-15(8-3-2-4-9-15)17-14(18)7-12-19-13-5-10-16-11-6-13/h13,16H,2-12H2,1H3,(H,17,18). The Morgan fingerprint density at radius 3 is 2.63 bits per heavy atom. The van der Waals surface area contributed by atoms with Crippen molar-refractivity contribution in [2.45, 2.75) is 69.9 Å². The Kier molecular flexibility index (Phi) is 5.64. The van der Waals surface area contributed by atoms with Crippen molar-refractivity contribution in [3.8, 4) is 0 Å². The van der Waals surface area contributed by atoms with Gasteiger partial charge in [0.25, 0.3) is 0 Å². The van der Waals surface area contributed by atoms with Crippen LogP contribution in [-0.4, -0.2) is 37.2 Å². The minimum Gasteiger partial charge on any atom is -0.378 e. The van der Waals surface area contributed by atoms with Gasteiger partial charge in [-0.15, -0.1) is 0 Å². The number of rotatable bonds is 5. The van der Waals surface area contributed by atoms with E-state index in [2.05, 4.69) is 17.6 Å². The first kappa shape index (κ1) is 14.8. The zero-order chi connectivity index (χ0) is 13.6. The van der Waals surface area contributed by atoms with E-state index in [4.69, 9.17) is 4.74 Å². The molecule has 2 N–H and O–H groups in total. The number of carbonyl (C=O) groups is 1. The van der Waals surface area contributed by atoms with Crippen LogP contribution in [0.1, 0.15) is 58.3 Å². The van der Waals surface area contributed by atoms with Crippen LogP contribution >= 0.6 is 0 Å². The first-order valence-corrected chi connectivity index (χ1v) is 7.81.